The fourth-order valence-electron chi connectivity index (χ4n) is 2.53. The minimum atomic E-state index is -0.250. The molecule has 2 rings (SSSR count). The Morgan fingerprint density at radius 2 is 1.89 bits per heavy atom. The Labute approximate surface area is 109 Å². The molecule has 0 aliphatic heterocycles. The second-order valence-electron chi connectivity index (χ2n) is 4.68. The van der Waals surface area contributed by atoms with Gasteiger partial charge in [0.2, 0.25) is 0 Å². The zero-order chi connectivity index (χ0) is 13.4. The Morgan fingerprint density at radius 1 is 1.28 bits per heavy atom. The molecule has 0 bridgehead atoms. The van der Waals surface area contributed by atoms with Crippen LogP contribution in [0.25, 0.3) is 0 Å². The fourth-order valence-corrected chi connectivity index (χ4v) is 2.53. The van der Waals surface area contributed by atoms with Gasteiger partial charge in [-0.2, -0.15) is 0 Å². The molecule has 0 spiro atoms. The van der Waals surface area contributed by atoms with Crippen molar-refractivity contribution >= 4 is 19.8 Å². The van der Waals surface area contributed by atoms with Crippen molar-refractivity contribution in [2.75, 3.05) is 6.61 Å². The quantitative estimate of drug-likeness (QED) is 0.613. The Morgan fingerprint density at radius 3 is 2.44 bits per heavy atom. The summed E-state index contributed by atoms with van der Waals surface area (Å²) in [4.78, 5) is 8.36. The molecule has 1 aliphatic carbocycles. The summed E-state index contributed by atoms with van der Waals surface area (Å²) in [7, 11) is 5.67. The van der Waals surface area contributed by atoms with E-state index in [4.69, 9.17) is 17.7 Å². The molecular formula is C14H19BO3. The molecule has 0 aromatic heterocycles. The number of benzene rings is 1. The van der Waals surface area contributed by atoms with E-state index in [2.05, 4.69) is 12.1 Å². The molecule has 3 nitrogen and oxygen atoms in total. The number of carboxylic acid groups (broad SMARTS) is 1. The smallest absolute Gasteiger partial charge is 0.290 e. The molecule has 1 saturated carbocycles. The van der Waals surface area contributed by atoms with Gasteiger partial charge in [-0.15, -0.1) is 0 Å². The summed E-state index contributed by atoms with van der Waals surface area (Å²) in [6.45, 7) is 0.0888. The van der Waals surface area contributed by atoms with Crippen molar-refractivity contribution in [1.29, 1.82) is 0 Å². The van der Waals surface area contributed by atoms with Crippen molar-refractivity contribution in [1.82, 2.24) is 0 Å². The van der Waals surface area contributed by atoms with Crippen LogP contribution in [0.2, 0.25) is 0 Å². The zero-order valence-electron chi connectivity index (χ0n) is 10.5. The molecule has 1 aliphatic rings. The molecule has 96 valence electrons. The second-order valence-corrected chi connectivity index (χ2v) is 4.68. The van der Waals surface area contributed by atoms with Crippen LogP contribution in [0.1, 0.15) is 37.2 Å². The van der Waals surface area contributed by atoms with Crippen molar-refractivity contribution in [2.45, 2.75) is 31.6 Å². The highest BCUT2D eigenvalue weighted by molar-refractivity contribution is 6.32. The van der Waals surface area contributed by atoms with E-state index in [9.17, 15) is 5.11 Å². The molecule has 1 aromatic carbocycles. The van der Waals surface area contributed by atoms with Crippen molar-refractivity contribution < 1.29 is 15.0 Å². The predicted molar refractivity (Wildman–Crippen MR) is 72.3 cm³/mol. The minimum absolute atomic E-state index is 0.250. The van der Waals surface area contributed by atoms with Gasteiger partial charge in [-0.05, 0) is 36.7 Å². The van der Waals surface area contributed by atoms with Gasteiger partial charge in [-0.3, -0.25) is 4.79 Å². The molecule has 2 N–H and O–H groups in total. The molecule has 2 unspecified atom stereocenters. The van der Waals surface area contributed by atoms with Crippen LogP contribution in [0.3, 0.4) is 0 Å². The maximum atomic E-state index is 9.18. The lowest BCUT2D eigenvalue weighted by molar-refractivity contribution is -0.122. The highest BCUT2D eigenvalue weighted by Crippen LogP contribution is 2.35. The fraction of sp³-hybridized carbons (Fsp3) is 0.500. The molecule has 2 atom stereocenters. The lowest BCUT2D eigenvalue weighted by atomic mass is 9.78. The Balaban J connectivity index is 0.000000492. The summed E-state index contributed by atoms with van der Waals surface area (Å²) in [6.07, 6.45) is 4.79. The minimum Gasteiger partial charge on any atom is -0.483 e. The highest BCUT2D eigenvalue weighted by atomic mass is 16.3. The van der Waals surface area contributed by atoms with Crippen LogP contribution in [0.4, 0.5) is 0 Å². The second kappa shape index (κ2) is 7.93. The molecule has 4 heteroatoms. The van der Waals surface area contributed by atoms with Crippen molar-refractivity contribution in [3.63, 3.8) is 0 Å². The molecule has 18 heavy (non-hydrogen) atoms. The van der Waals surface area contributed by atoms with Crippen molar-refractivity contribution in [3.05, 3.63) is 29.8 Å². The summed E-state index contributed by atoms with van der Waals surface area (Å²) < 4.78 is 0. The largest absolute Gasteiger partial charge is 0.483 e. The van der Waals surface area contributed by atoms with Gasteiger partial charge in [0, 0.05) is 6.61 Å². The Kier molecular flexibility index (Phi) is 6.51. The van der Waals surface area contributed by atoms with Crippen LogP contribution in [0, 0.1) is 5.92 Å². The van der Waals surface area contributed by atoms with Crippen LogP contribution in [0.15, 0.2) is 24.3 Å². The first-order valence-electron chi connectivity index (χ1n) is 6.25. The number of hydrogen-bond donors (Lipinski definition) is 2. The van der Waals surface area contributed by atoms with Gasteiger partial charge in [-0.25, -0.2) is 0 Å². The lowest BCUT2D eigenvalue weighted by Crippen LogP contribution is -2.17. The van der Waals surface area contributed by atoms with E-state index in [0.717, 1.165) is 11.9 Å². The van der Waals surface area contributed by atoms with Gasteiger partial charge >= 0.3 is 0 Å². The van der Waals surface area contributed by atoms with E-state index in [1.54, 1.807) is 0 Å². The normalized spacial score (nSPS) is 22.7. The topological polar surface area (TPSA) is 57.5 Å². The van der Waals surface area contributed by atoms with E-state index in [1.165, 1.54) is 24.8 Å². The Bertz CT molecular complexity index is 351. The van der Waals surface area contributed by atoms with Gasteiger partial charge in [0.1, 0.15) is 7.85 Å². The van der Waals surface area contributed by atoms with E-state index >= 15 is 0 Å². The number of aliphatic hydroxyl groups excluding tert-OH is 1. The van der Waals surface area contributed by atoms with Gasteiger partial charge in [0.15, 0.2) is 0 Å². The highest BCUT2D eigenvalue weighted by Gasteiger charge is 2.22. The predicted octanol–water partition coefficient (Wildman–Crippen LogP) is 1.45. The lowest BCUT2D eigenvalue weighted by Gasteiger charge is -2.28. The number of carbonyl (C=O) groups is 1. The summed E-state index contributed by atoms with van der Waals surface area (Å²) >= 11 is 0. The van der Waals surface area contributed by atoms with Gasteiger partial charge in [0.25, 0.3) is 6.47 Å². The molecule has 2 radical (unpaired) electrons. The van der Waals surface area contributed by atoms with Gasteiger partial charge in [-0.1, -0.05) is 36.1 Å². The van der Waals surface area contributed by atoms with Gasteiger partial charge < -0.3 is 10.2 Å². The monoisotopic (exact) mass is 246 g/mol. The first-order chi connectivity index (χ1) is 8.71. The van der Waals surface area contributed by atoms with Crippen molar-refractivity contribution in [3.8, 4) is 0 Å². The van der Waals surface area contributed by atoms with E-state index in [0.29, 0.717) is 18.4 Å². The molecule has 0 amide bonds. The Hall–Kier alpha value is -1.29. The molecule has 0 heterocycles. The van der Waals surface area contributed by atoms with Crippen LogP contribution >= 0.6 is 0 Å². The first-order valence-corrected chi connectivity index (χ1v) is 6.25. The van der Waals surface area contributed by atoms with E-state index in [-0.39, 0.29) is 6.47 Å². The third kappa shape index (κ3) is 4.53. The first kappa shape index (κ1) is 14.8. The summed E-state index contributed by atoms with van der Waals surface area (Å²) in [5, 5.41) is 16.1. The number of rotatable bonds is 2. The SMILES string of the molecule is O=CO.[B]c1ccc(C2CCCC(CO)C2)cc1. The average molecular weight is 246 g/mol. The van der Waals surface area contributed by atoms with Crippen LogP contribution < -0.4 is 5.46 Å². The third-order valence-electron chi connectivity index (χ3n) is 3.45. The average Bonchev–Trinajstić information content (AvgIpc) is 2.40. The third-order valence-corrected chi connectivity index (χ3v) is 3.45. The molecule has 1 fully saturated rings. The maximum absolute atomic E-state index is 9.18. The summed E-state index contributed by atoms with van der Waals surface area (Å²) in [6, 6.07) is 8.19. The number of hydrogen-bond acceptors (Lipinski definition) is 2. The van der Waals surface area contributed by atoms with E-state index < -0.39 is 0 Å². The van der Waals surface area contributed by atoms with Crippen molar-refractivity contribution in [2.24, 2.45) is 5.92 Å². The standard InChI is InChI=1S/C13H17BO.CH2O2/c14-13-6-4-11(5-7-13)12-3-1-2-10(8-12)9-15;2-1-3/h4-7,10,12,15H,1-3,8-9H2;1H,(H,2,3). The van der Waals surface area contributed by atoms with Gasteiger partial charge in [0.05, 0.1) is 0 Å². The maximum Gasteiger partial charge on any atom is 0.290 e. The number of aliphatic hydroxyl groups is 1. The van der Waals surface area contributed by atoms with Crippen LogP contribution in [-0.2, 0) is 4.79 Å². The van der Waals surface area contributed by atoms with E-state index in [1.807, 2.05) is 12.1 Å². The van der Waals surface area contributed by atoms with Crippen LogP contribution in [0.5, 0.6) is 0 Å². The zero-order valence-corrected chi connectivity index (χ0v) is 10.5. The van der Waals surface area contributed by atoms with Crippen LogP contribution in [-0.4, -0.2) is 31.1 Å². The summed E-state index contributed by atoms with van der Waals surface area (Å²) in [5.74, 6) is 1.12. The summed E-state index contributed by atoms with van der Waals surface area (Å²) in [5.41, 5.74) is 2.20. The molecule has 0 saturated heterocycles. The molecule has 1 aromatic rings. The molecular weight excluding hydrogens is 227 g/mol.